The number of non-ortho nitro benzene ring substituents is 1. The smallest absolute Gasteiger partial charge is 0.418 e. The van der Waals surface area contributed by atoms with Crippen LogP contribution in [0.3, 0.4) is 0 Å². The first-order valence-electron chi connectivity index (χ1n) is 8.73. The van der Waals surface area contributed by atoms with Crippen LogP contribution in [0.1, 0.15) is 11.3 Å². The SMILES string of the molecule is N#CC(=Cc1ccc(-c2cccc(Cl)c2)o1)C(=O)Nc1ccc([N+](=O)[O-])cc1C(F)(F)F. The molecule has 0 fully saturated rings. The molecule has 0 unspecified atom stereocenters. The number of rotatable bonds is 5. The third kappa shape index (κ3) is 5.14. The summed E-state index contributed by atoms with van der Waals surface area (Å²) in [5.74, 6) is -0.648. The van der Waals surface area contributed by atoms with Gasteiger partial charge in [-0.15, -0.1) is 0 Å². The molecule has 0 radical (unpaired) electrons. The summed E-state index contributed by atoms with van der Waals surface area (Å²) in [4.78, 5) is 22.2. The van der Waals surface area contributed by atoms with Crippen LogP contribution < -0.4 is 5.32 Å². The number of benzene rings is 2. The molecule has 7 nitrogen and oxygen atoms in total. The molecule has 32 heavy (non-hydrogen) atoms. The number of alkyl halides is 3. The Balaban J connectivity index is 1.88. The van der Waals surface area contributed by atoms with Crippen LogP contribution in [0.4, 0.5) is 24.5 Å². The van der Waals surface area contributed by atoms with Crippen LogP contribution in [0.25, 0.3) is 17.4 Å². The summed E-state index contributed by atoms with van der Waals surface area (Å²) < 4.78 is 45.4. The summed E-state index contributed by atoms with van der Waals surface area (Å²) in [6.07, 6.45) is -3.92. The lowest BCUT2D eigenvalue weighted by molar-refractivity contribution is -0.385. The van der Waals surface area contributed by atoms with Gasteiger partial charge in [0.25, 0.3) is 11.6 Å². The van der Waals surface area contributed by atoms with E-state index < -0.39 is 39.5 Å². The molecule has 162 valence electrons. The number of carbonyl (C=O) groups is 1. The predicted octanol–water partition coefficient (Wildman–Crippen LogP) is 6.07. The minimum atomic E-state index is -4.97. The zero-order valence-electron chi connectivity index (χ0n) is 15.8. The van der Waals surface area contributed by atoms with Gasteiger partial charge in [-0.2, -0.15) is 18.4 Å². The van der Waals surface area contributed by atoms with E-state index >= 15 is 0 Å². The van der Waals surface area contributed by atoms with Gasteiger partial charge in [0.2, 0.25) is 0 Å². The molecule has 11 heteroatoms. The van der Waals surface area contributed by atoms with Crippen LogP contribution in [0.2, 0.25) is 5.02 Å². The Bertz CT molecular complexity index is 1280. The third-order valence-corrected chi connectivity index (χ3v) is 4.39. The zero-order valence-corrected chi connectivity index (χ0v) is 16.6. The van der Waals surface area contributed by atoms with Crippen LogP contribution in [0.15, 0.2) is 64.6 Å². The van der Waals surface area contributed by atoms with Crippen LogP contribution in [-0.4, -0.2) is 10.8 Å². The summed E-state index contributed by atoms with van der Waals surface area (Å²) in [7, 11) is 0. The predicted molar refractivity (Wildman–Crippen MR) is 109 cm³/mol. The van der Waals surface area contributed by atoms with Crippen LogP contribution in [-0.2, 0) is 11.0 Å². The Morgan fingerprint density at radius 1 is 1.19 bits per heavy atom. The van der Waals surface area contributed by atoms with Crippen LogP contribution in [0, 0.1) is 21.4 Å². The number of nitrogens with zero attached hydrogens (tertiary/aromatic N) is 2. The van der Waals surface area contributed by atoms with Gasteiger partial charge in [0.1, 0.15) is 23.2 Å². The summed E-state index contributed by atoms with van der Waals surface area (Å²) in [6.45, 7) is 0. The molecule has 3 rings (SSSR count). The van der Waals surface area contributed by atoms with Gasteiger partial charge < -0.3 is 9.73 Å². The molecule has 0 aliphatic rings. The maximum absolute atomic E-state index is 13.3. The first-order chi connectivity index (χ1) is 15.1. The van der Waals surface area contributed by atoms with Gasteiger partial charge >= 0.3 is 6.18 Å². The highest BCUT2D eigenvalue weighted by atomic mass is 35.5. The monoisotopic (exact) mass is 461 g/mol. The number of furan rings is 1. The van der Waals surface area contributed by atoms with Crippen molar-refractivity contribution in [1.29, 1.82) is 5.26 Å². The first kappa shape index (κ1) is 22.6. The van der Waals surface area contributed by atoms with Gasteiger partial charge in [-0.05, 0) is 30.3 Å². The number of hydrogen-bond donors (Lipinski definition) is 1. The van der Waals surface area contributed by atoms with Crippen molar-refractivity contribution in [2.45, 2.75) is 6.18 Å². The Kier molecular flexibility index (Phi) is 6.32. The van der Waals surface area contributed by atoms with Crippen LogP contribution >= 0.6 is 11.6 Å². The lowest BCUT2D eigenvalue weighted by Gasteiger charge is -2.13. The summed E-state index contributed by atoms with van der Waals surface area (Å²) in [6, 6.07) is 13.2. The Hall–Kier alpha value is -4.10. The van der Waals surface area contributed by atoms with E-state index in [-0.39, 0.29) is 5.76 Å². The van der Waals surface area contributed by atoms with Crippen molar-refractivity contribution in [2.24, 2.45) is 0 Å². The number of amides is 1. The maximum atomic E-state index is 13.3. The number of anilines is 1. The number of nitrogens with one attached hydrogen (secondary N) is 1. The normalized spacial score (nSPS) is 11.7. The Labute approximate surface area is 183 Å². The molecule has 1 N–H and O–H groups in total. The standard InChI is InChI=1S/C21H11ClF3N3O4/c22-14-3-1-2-12(8-14)19-7-5-16(32-19)9-13(11-26)20(29)27-18-6-4-15(28(30)31)10-17(18)21(23,24)25/h1-10H,(H,27,29). The molecule has 0 aliphatic heterocycles. The fraction of sp³-hybridized carbons (Fsp3) is 0.0476. The second-order valence-electron chi connectivity index (χ2n) is 6.32. The van der Waals surface area contributed by atoms with Crippen LogP contribution in [0.5, 0.6) is 0 Å². The van der Waals surface area contributed by atoms with Gasteiger partial charge in [0.05, 0.1) is 16.2 Å². The minimum Gasteiger partial charge on any atom is -0.457 e. The minimum absolute atomic E-state index is 0.103. The van der Waals surface area contributed by atoms with E-state index in [2.05, 4.69) is 0 Å². The lowest BCUT2D eigenvalue weighted by Crippen LogP contribution is -2.18. The average molecular weight is 462 g/mol. The van der Waals surface area contributed by atoms with Gasteiger partial charge in [0.15, 0.2) is 0 Å². The molecular formula is C21H11ClF3N3O4. The highest BCUT2D eigenvalue weighted by Crippen LogP contribution is 2.37. The highest BCUT2D eigenvalue weighted by Gasteiger charge is 2.36. The largest absolute Gasteiger partial charge is 0.457 e. The maximum Gasteiger partial charge on any atom is 0.418 e. The molecular weight excluding hydrogens is 451 g/mol. The van der Waals surface area contributed by atoms with Crippen molar-refractivity contribution in [3.8, 4) is 17.4 Å². The van der Waals surface area contributed by atoms with Crippen molar-refractivity contribution in [2.75, 3.05) is 5.32 Å². The van der Waals surface area contributed by atoms with Gasteiger partial charge in [-0.3, -0.25) is 14.9 Å². The van der Waals surface area contributed by atoms with E-state index in [1.54, 1.807) is 36.4 Å². The molecule has 1 aromatic heterocycles. The summed E-state index contributed by atoms with van der Waals surface area (Å²) >= 11 is 5.93. The fourth-order valence-corrected chi connectivity index (χ4v) is 2.89. The quantitative estimate of drug-likeness (QED) is 0.214. The number of carbonyl (C=O) groups excluding carboxylic acids is 1. The molecule has 3 aromatic rings. The van der Waals surface area contributed by atoms with E-state index in [9.17, 15) is 33.3 Å². The molecule has 1 heterocycles. The molecule has 0 atom stereocenters. The Morgan fingerprint density at radius 3 is 2.56 bits per heavy atom. The number of nitriles is 1. The number of nitro benzene ring substituents is 1. The molecule has 0 saturated heterocycles. The number of nitro groups is 1. The highest BCUT2D eigenvalue weighted by molar-refractivity contribution is 6.30. The van der Waals surface area contributed by atoms with E-state index in [0.717, 1.165) is 18.2 Å². The lowest BCUT2D eigenvalue weighted by atomic mass is 10.1. The summed E-state index contributed by atoms with van der Waals surface area (Å²) in [5.41, 5.74) is -2.84. The second-order valence-corrected chi connectivity index (χ2v) is 6.76. The molecule has 0 bridgehead atoms. The average Bonchev–Trinajstić information content (AvgIpc) is 3.20. The van der Waals surface area contributed by atoms with Gasteiger partial charge in [-0.1, -0.05) is 23.7 Å². The van der Waals surface area contributed by atoms with Crippen molar-refractivity contribution >= 4 is 35.0 Å². The van der Waals surface area contributed by atoms with E-state index in [4.69, 9.17) is 16.0 Å². The number of halogens is 4. The van der Waals surface area contributed by atoms with Crippen molar-refractivity contribution in [3.05, 3.63) is 86.6 Å². The van der Waals surface area contributed by atoms with E-state index in [0.29, 0.717) is 22.4 Å². The molecule has 2 aromatic carbocycles. The molecule has 0 aliphatic carbocycles. The summed E-state index contributed by atoms with van der Waals surface area (Å²) in [5, 5.41) is 22.5. The molecule has 0 spiro atoms. The van der Waals surface area contributed by atoms with Gasteiger partial charge in [0, 0.05) is 28.8 Å². The number of hydrogen-bond acceptors (Lipinski definition) is 5. The van der Waals surface area contributed by atoms with E-state index in [1.165, 1.54) is 6.07 Å². The Morgan fingerprint density at radius 2 is 1.94 bits per heavy atom. The third-order valence-electron chi connectivity index (χ3n) is 4.16. The molecule has 0 saturated carbocycles. The first-order valence-corrected chi connectivity index (χ1v) is 9.11. The van der Waals surface area contributed by atoms with Crippen molar-refractivity contribution in [1.82, 2.24) is 0 Å². The van der Waals surface area contributed by atoms with Crippen molar-refractivity contribution < 1.29 is 27.3 Å². The topological polar surface area (TPSA) is 109 Å². The van der Waals surface area contributed by atoms with Gasteiger partial charge in [-0.25, -0.2) is 0 Å². The second kappa shape index (κ2) is 8.95. The zero-order chi connectivity index (χ0) is 23.5. The van der Waals surface area contributed by atoms with Crippen molar-refractivity contribution in [3.63, 3.8) is 0 Å². The van der Waals surface area contributed by atoms with E-state index in [1.807, 2.05) is 5.32 Å². The molecule has 1 amide bonds. The fourth-order valence-electron chi connectivity index (χ4n) is 2.70.